The van der Waals surface area contributed by atoms with Crippen LogP contribution in [0.5, 0.6) is 0 Å². The summed E-state index contributed by atoms with van der Waals surface area (Å²) in [6.45, 7) is 3.67. The van der Waals surface area contributed by atoms with Gasteiger partial charge in [-0.1, -0.05) is 88.6 Å². The van der Waals surface area contributed by atoms with Crippen LogP contribution in [-0.4, -0.2) is 56.5 Å². The molecule has 2 N–H and O–H groups in total. The highest BCUT2D eigenvalue weighted by atomic mass is 16.5. The zero-order valence-corrected chi connectivity index (χ0v) is 27.1. The summed E-state index contributed by atoms with van der Waals surface area (Å²) in [5, 5.41) is 5.57. The lowest BCUT2D eigenvalue weighted by Gasteiger charge is -2.18. The van der Waals surface area contributed by atoms with Gasteiger partial charge in [0.1, 0.15) is 6.04 Å². The quantitative estimate of drug-likeness (QED) is 0.169. The molecular weight excluding hydrogens is 576 g/mol. The van der Waals surface area contributed by atoms with Gasteiger partial charge in [-0.2, -0.15) is 0 Å². The average Bonchev–Trinajstić information content (AvgIpc) is 3.43. The number of ether oxygens (including phenoxy) is 2. The first kappa shape index (κ1) is 35.5. The number of alkyl carbamates (subject to hydrolysis) is 1. The topological polar surface area (TPSA) is 138 Å². The minimum Gasteiger partial charge on any atom is -0.450 e. The molecule has 0 bridgehead atoms. The molecule has 0 radical (unpaired) electrons. The van der Waals surface area contributed by atoms with Gasteiger partial charge in [0.05, 0.1) is 26.1 Å². The molecule has 12 nitrogen and oxygen atoms in total. The van der Waals surface area contributed by atoms with Crippen LogP contribution in [0.3, 0.4) is 0 Å². The molecule has 3 aromatic rings. The van der Waals surface area contributed by atoms with E-state index in [1.165, 1.54) is 9.13 Å². The molecule has 45 heavy (non-hydrogen) atoms. The van der Waals surface area contributed by atoms with Crippen LogP contribution in [0.15, 0.2) is 46.2 Å². The Morgan fingerprint density at radius 3 is 2.27 bits per heavy atom. The van der Waals surface area contributed by atoms with Crippen molar-refractivity contribution in [2.45, 2.75) is 96.7 Å². The van der Waals surface area contributed by atoms with Gasteiger partial charge >= 0.3 is 11.8 Å². The molecule has 0 saturated heterocycles. The summed E-state index contributed by atoms with van der Waals surface area (Å²) in [6, 6.07) is 8.84. The Morgan fingerprint density at radius 1 is 0.911 bits per heavy atom. The third-order valence-corrected chi connectivity index (χ3v) is 7.79. The predicted molar refractivity (Wildman–Crippen MR) is 174 cm³/mol. The Bertz CT molecular complexity index is 1450. The van der Waals surface area contributed by atoms with Crippen molar-refractivity contribution in [3.8, 4) is 0 Å². The van der Waals surface area contributed by atoms with E-state index in [4.69, 9.17) is 9.47 Å². The number of carbonyl (C=O) groups excluding carboxylic acids is 2. The third kappa shape index (κ3) is 11.5. The van der Waals surface area contributed by atoms with Crippen LogP contribution in [0, 0.1) is 0 Å². The van der Waals surface area contributed by atoms with E-state index in [-0.39, 0.29) is 23.8 Å². The third-order valence-electron chi connectivity index (χ3n) is 7.79. The van der Waals surface area contributed by atoms with Crippen LogP contribution in [0.2, 0.25) is 0 Å². The number of amides is 2. The summed E-state index contributed by atoms with van der Waals surface area (Å²) in [4.78, 5) is 54.5. The van der Waals surface area contributed by atoms with Crippen molar-refractivity contribution >= 4 is 23.2 Å². The number of aryl methyl sites for hydroxylation is 2. The van der Waals surface area contributed by atoms with Crippen LogP contribution >= 0.6 is 0 Å². The van der Waals surface area contributed by atoms with E-state index < -0.39 is 12.1 Å². The predicted octanol–water partition coefficient (Wildman–Crippen LogP) is 4.17. The lowest BCUT2D eigenvalue weighted by Crippen LogP contribution is -2.49. The SMILES string of the molecule is CCCCOC(=O)N[C@@H](COCc1ccccc1)C(=O)NCCCCCCCCCCCn1c(=O)c2c(ncn2C)n(C)c1=O. The van der Waals surface area contributed by atoms with E-state index in [0.717, 1.165) is 76.2 Å². The summed E-state index contributed by atoms with van der Waals surface area (Å²) in [7, 11) is 3.40. The summed E-state index contributed by atoms with van der Waals surface area (Å²) in [5.74, 6) is -0.282. The largest absolute Gasteiger partial charge is 0.450 e. The van der Waals surface area contributed by atoms with Crippen molar-refractivity contribution < 1.29 is 19.1 Å². The summed E-state index contributed by atoms with van der Waals surface area (Å²) < 4.78 is 15.3. The number of benzene rings is 1. The number of hydrogen-bond acceptors (Lipinski definition) is 7. The molecule has 1 atom stereocenters. The molecule has 0 fully saturated rings. The molecule has 1 aromatic carbocycles. The molecule has 2 heterocycles. The van der Waals surface area contributed by atoms with Crippen LogP contribution in [-0.2, 0) is 41.5 Å². The van der Waals surface area contributed by atoms with Gasteiger partial charge in [-0.3, -0.25) is 18.7 Å². The Labute approximate surface area is 265 Å². The zero-order chi connectivity index (χ0) is 32.4. The van der Waals surface area contributed by atoms with Gasteiger partial charge < -0.3 is 24.7 Å². The van der Waals surface area contributed by atoms with Gasteiger partial charge in [-0.05, 0) is 24.8 Å². The van der Waals surface area contributed by atoms with E-state index >= 15 is 0 Å². The fourth-order valence-corrected chi connectivity index (χ4v) is 5.11. The highest BCUT2D eigenvalue weighted by Crippen LogP contribution is 2.10. The molecule has 0 aliphatic carbocycles. The highest BCUT2D eigenvalue weighted by molar-refractivity contribution is 5.85. The summed E-state index contributed by atoms with van der Waals surface area (Å²) in [5.41, 5.74) is 1.25. The van der Waals surface area contributed by atoms with Crippen LogP contribution in [0.4, 0.5) is 4.79 Å². The number of unbranched alkanes of at least 4 members (excludes halogenated alkanes) is 9. The number of nitrogens with one attached hydrogen (secondary N) is 2. The summed E-state index contributed by atoms with van der Waals surface area (Å²) in [6.07, 6.45) is 11.7. The average molecular weight is 627 g/mol. The fraction of sp³-hybridized carbons (Fsp3) is 0.606. The molecule has 0 saturated carbocycles. The van der Waals surface area contributed by atoms with Gasteiger partial charge in [0.15, 0.2) is 11.2 Å². The standard InChI is InChI=1S/C33H50N6O6/c1-4-5-22-45-32(42)36-27(24-44-23-26-18-14-13-15-19-26)30(40)34-20-16-11-9-7-6-8-10-12-17-21-39-31(41)28-29(35-25-37(28)2)38(3)33(39)43/h13-15,18-19,25,27H,4-12,16-17,20-24H2,1-3H3,(H,34,40)(H,36,42)/t27-/m0/s1. The van der Waals surface area contributed by atoms with Crippen LogP contribution in [0.25, 0.3) is 11.2 Å². The molecule has 3 rings (SSSR count). The lowest BCUT2D eigenvalue weighted by molar-refractivity contribution is -0.124. The molecule has 12 heteroatoms. The molecule has 248 valence electrons. The smallest absolute Gasteiger partial charge is 0.407 e. The maximum Gasteiger partial charge on any atom is 0.407 e. The normalized spacial score (nSPS) is 11.9. The maximum atomic E-state index is 12.8. The number of imidazole rings is 1. The Hall–Kier alpha value is -3.93. The van der Waals surface area contributed by atoms with Gasteiger partial charge in [-0.25, -0.2) is 14.6 Å². The first-order chi connectivity index (χ1) is 21.8. The minimum absolute atomic E-state index is 0.0522. The second-order valence-electron chi connectivity index (χ2n) is 11.5. The van der Waals surface area contributed by atoms with Crippen LogP contribution < -0.4 is 21.9 Å². The van der Waals surface area contributed by atoms with E-state index in [1.807, 2.05) is 37.3 Å². The number of aromatic nitrogens is 4. The number of hydrogen-bond donors (Lipinski definition) is 2. The molecule has 2 aromatic heterocycles. The van der Waals surface area contributed by atoms with Crippen molar-refractivity contribution in [2.75, 3.05) is 19.8 Å². The lowest BCUT2D eigenvalue weighted by atomic mass is 10.1. The summed E-state index contributed by atoms with van der Waals surface area (Å²) >= 11 is 0. The van der Waals surface area contributed by atoms with Crippen molar-refractivity contribution in [3.63, 3.8) is 0 Å². The van der Waals surface area contributed by atoms with Crippen molar-refractivity contribution in [1.82, 2.24) is 29.3 Å². The molecular formula is C33H50N6O6. The molecule has 2 amide bonds. The van der Waals surface area contributed by atoms with Crippen LogP contribution in [0.1, 0.15) is 83.1 Å². The minimum atomic E-state index is -0.831. The van der Waals surface area contributed by atoms with E-state index in [0.29, 0.717) is 37.5 Å². The molecule has 0 unspecified atom stereocenters. The Balaban J connectivity index is 1.27. The van der Waals surface area contributed by atoms with Gasteiger partial charge in [-0.15, -0.1) is 0 Å². The molecule has 0 aliphatic heterocycles. The van der Waals surface area contributed by atoms with Crippen molar-refractivity contribution in [3.05, 3.63) is 63.1 Å². The molecule has 0 spiro atoms. The molecule has 0 aliphatic rings. The highest BCUT2D eigenvalue weighted by Gasteiger charge is 2.21. The Morgan fingerprint density at radius 2 is 1.58 bits per heavy atom. The van der Waals surface area contributed by atoms with E-state index in [1.54, 1.807) is 25.0 Å². The van der Waals surface area contributed by atoms with E-state index in [9.17, 15) is 19.2 Å². The second-order valence-corrected chi connectivity index (χ2v) is 11.5. The number of carbonyl (C=O) groups is 2. The maximum absolute atomic E-state index is 12.8. The van der Waals surface area contributed by atoms with Gasteiger partial charge in [0.2, 0.25) is 5.91 Å². The number of rotatable bonds is 21. The van der Waals surface area contributed by atoms with Gasteiger partial charge in [0.25, 0.3) is 5.56 Å². The second kappa shape index (κ2) is 19.5. The first-order valence-electron chi connectivity index (χ1n) is 16.3. The van der Waals surface area contributed by atoms with E-state index in [2.05, 4.69) is 15.6 Å². The first-order valence-corrected chi connectivity index (χ1v) is 16.3. The Kier molecular flexibility index (Phi) is 15.4. The fourth-order valence-electron chi connectivity index (χ4n) is 5.11. The zero-order valence-electron chi connectivity index (χ0n) is 27.1. The monoisotopic (exact) mass is 626 g/mol. The van der Waals surface area contributed by atoms with Crippen molar-refractivity contribution in [1.29, 1.82) is 0 Å². The van der Waals surface area contributed by atoms with Gasteiger partial charge in [0, 0.05) is 27.2 Å². The van der Waals surface area contributed by atoms with Crippen molar-refractivity contribution in [2.24, 2.45) is 14.1 Å². The number of nitrogens with zero attached hydrogens (tertiary/aromatic N) is 4. The number of fused-ring (bicyclic) bond motifs is 1.